The van der Waals surface area contributed by atoms with Crippen molar-refractivity contribution in [1.29, 1.82) is 0 Å². The van der Waals surface area contributed by atoms with E-state index in [-0.39, 0.29) is 6.61 Å². The topological polar surface area (TPSA) is 125 Å². The van der Waals surface area contributed by atoms with Gasteiger partial charge in [-0.15, -0.1) is 10.1 Å². The molecule has 10 heteroatoms. The van der Waals surface area contributed by atoms with Crippen molar-refractivity contribution in [1.82, 2.24) is 0 Å². The van der Waals surface area contributed by atoms with Crippen molar-refractivity contribution in [3.05, 3.63) is 10.1 Å². The summed E-state index contributed by atoms with van der Waals surface area (Å²) in [6.45, 7) is -0.688. The first-order valence-corrected chi connectivity index (χ1v) is 6.61. The van der Waals surface area contributed by atoms with Crippen molar-refractivity contribution in [3.8, 4) is 0 Å². The number of rotatable bonds is 3. The van der Waals surface area contributed by atoms with Crippen LogP contribution in [-0.4, -0.2) is 61.3 Å². The van der Waals surface area contributed by atoms with Gasteiger partial charge in [0.15, 0.2) is 15.9 Å². The molecule has 9 nitrogen and oxygen atoms in total. The third-order valence-electron chi connectivity index (χ3n) is 2.90. The molecule has 0 aromatic heterocycles. The van der Waals surface area contributed by atoms with Gasteiger partial charge in [-0.25, -0.2) is 8.42 Å². The average molecular weight is 269 g/mol. The summed E-state index contributed by atoms with van der Waals surface area (Å²) >= 11 is 0. The quantitative estimate of drug-likeness (QED) is 0.465. The molecule has 0 amide bonds. The number of nitrogens with zero attached hydrogens (tertiary/aromatic N) is 1. The summed E-state index contributed by atoms with van der Waals surface area (Å²) in [6.07, 6.45) is -2.29. The van der Waals surface area contributed by atoms with E-state index >= 15 is 0 Å². The molecule has 0 aromatic rings. The first-order chi connectivity index (χ1) is 7.75. The predicted molar refractivity (Wildman–Crippen MR) is 51.1 cm³/mol. The highest BCUT2D eigenvalue weighted by molar-refractivity contribution is 7.92. The van der Waals surface area contributed by atoms with E-state index in [1.165, 1.54) is 0 Å². The molecule has 0 radical (unpaired) electrons. The summed E-state index contributed by atoms with van der Waals surface area (Å²) in [6, 6.07) is 0. The monoisotopic (exact) mass is 269 g/mol. The Kier molecular flexibility index (Phi) is 2.77. The summed E-state index contributed by atoms with van der Waals surface area (Å²) in [7, 11) is -3.83. The van der Waals surface area contributed by atoms with Gasteiger partial charge in [0.2, 0.25) is 4.93 Å². The van der Waals surface area contributed by atoms with Crippen LogP contribution in [0.1, 0.15) is 0 Å². The Morgan fingerprint density at radius 2 is 2.18 bits per heavy atom. The minimum Gasteiger partial charge on any atom is -0.370 e. The van der Waals surface area contributed by atoms with Gasteiger partial charge in [-0.1, -0.05) is 0 Å². The fraction of sp³-hybridized carbons (Fsp3) is 1.00. The van der Waals surface area contributed by atoms with Gasteiger partial charge in [0.1, 0.15) is 12.2 Å². The van der Waals surface area contributed by atoms with E-state index in [0.717, 1.165) is 6.26 Å². The van der Waals surface area contributed by atoms with E-state index in [4.69, 9.17) is 9.47 Å². The van der Waals surface area contributed by atoms with E-state index in [1.54, 1.807) is 0 Å². The van der Waals surface area contributed by atoms with Crippen LogP contribution in [0.25, 0.3) is 0 Å². The number of fused-ring (bicyclic) bond motifs is 1. The Balaban J connectivity index is 2.20. The molecular formula is C7H11NO8S. The lowest BCUT2D eigenvalue weighted by Crippen LogP contribution is -2.49. The van der Waals surface area contributed by atoms with E-state index in [0.29, 0.717) is 0 Å². The SMILES string of the molecule is CS(=O)(=O)[C@]1(O)CO[C@@H]2[C@H](O[N+](=O)[O-])CO[C@@H]21. The maximum atomic E-state index is 11.4. The van der Waals surface area contributed by atoms with Gasteiger partial charge in [-0.3, -0.25) is 0 Å². The van der Waals surface area contributed by atoms with E-state index in [9.17, 15) is 23.6 Å². The zero-order valence-corrected chi connectivity index (χ0v) is 9.62. The fourth-order valence-corrected chi connectivity index (χ4v) is 2.89. The van der Waals surface area contributed by atoms with Crippen LogP contribution < -0.4 is 0 Å². The number of ether oxygens (including phenoxy) is 2. The Labute approximate surface area is 96.3 Å². The van der Waals surface area contributed by atoms with Crippen LogP contribution in [0.4, 0.5) is 0 Å². The minimum atomic E-state index is -3.83. The second-order valence-corrected chi connectivity index (χ2v) is 6.27. The summed E-state index contributed by atoms with van der Waals surface area (Å²) in [5.74, 6) is 0. The average Bonchev–Trinajstić information content (AvgIpc) is 2.68. The highest BCUT2D eigenvalue weighted by Crippen LogP contribution is 2.38. The second-order valence-electron chi connectivity index (χ2n) is 4.01. The summed E-state index contributed by atoms with van der Waals surface area (Å²) < 4.78 is 33.0. The zero-order valence-electron chi connectivity index (χ0n) is 8.81. The summed E-state index contributed by atoms with van der Waals surface area (Å²) in [5.41, 5.74) is 0. The smallest absolute Gasteiger partial charge is 0.294 e. The molecule has 0 saturated carbocycles. The number of hydrogen-bond donors (Lipinski definition) is 1. The molecule has 17 heavy (non-hydrogen) atoms. The van der Waals surface area contributed by atoms with E-state index < -0.39 is 44.8 Å². The fourth-order valence-electron chi connectivity index (χ4n) is 1.98. The van der Waals surface area contributed by atoms with Crippen LogP contribution in [-0.2, 0) is 24.1 Å². The Morgan fingerprint density at radius 3 is 2.71 bits per heavy atom. The van der Waals surface area contributed by atoms with Crippen molar-refractivity contribution in [2.45, 2.75) is 23.2 Å². The molecule has 2 saturated heterocycles. The lowest BCUT2D eigenvalue weighted by molar-refractivity contribution is -0.769. The number of sulfone groups is 1. The van der Waals surface area contributed by atoms with Gasteiger partial charge in [0.25, 0.3) is 5.09 Å². The highest BCUT2D eigenvalue weighted by Gasteiger charge is 2.62. The molecule has 0 aromatic carbocycles. The molecule has 2 aliphatic rings. The van der Waals surface area contributed by atoms with Crippen molar-refractivity contribution in [2.24, 2.45) is 0 Å². The Hall–Kier alpha value is -0.970. The summed E-state index contributed by atoms with van der Waals surface area (Å²) in [4.78, 5) is 12.3. The molecule has 2 heterocycles. The number of hydrogen-bond acceptors (Lipinski definition) is 8. The molecule has 2 rings (SSSR count). The van der Waals surface area contributed by atoms with Crippen LogP contribution >= 0.6 is 0 Å². The van der Waals surface area contributed by atoms with Gasteiger partial charge in [-0.2, -0.15) is 0 Å². The van der Waals surface area contributed by atoms with Crippen molar-refractivity contribution in [3.63, 3.8) is 0 Å². The third-order valence-corrected chi connectivity index (χ3v) is 4.53. The first-order valence-electron chi connectivity index (χ1n) is 4.72. The Bertz CT molecular complexity index is 435. The molecule has 0 bridgehead atoms. The molecule has 98 valence electrons. The van der Waals surface area contributed by atoms with E-state index in [2.05, 4.69) is 4.84 Å². The maximum absolute atomic E-state index is 11.4. The molecule has 0 aliphatic carbocycles. The standard InChI is InChI=1S/C7H11NO8S/c1-17(12,13)7(9)3-15-5-4(16-8(10)11)2-14-6(5)7/h4-6,9H,2-3H2,1H3/t4-,5-,6+,7-/m1/s1. The Morgan fingerprint density at radius 1 is 1.53 bits per heavy atom. The van der Waals surface area contributed by atoms with Gasteiger partial charge < -0.3 is 19.4 Å². The molecular weight excluding hydrogens is 258 g/mol. The second kappa shape index (κ2) is 3.77. The van der Waals surface area contributed by atoms with Crippen molar-refractivity contribution < 1.29 is 32.9 Å². The lowest BCUT2D eigenvalue weighted by atomic mass is 10.1. The molecule has 4 atom stereocenters. The largest absolute Gasteiger partial charge is 0.370 e. The molecule has 0 unspecified atom stereocenters. The normalized spacial score (nSPS) is 41.2. The van der Waals surface area contributed by atoms with Gasteiger partial charge in [0.05, 0.1) is 13.2 Å². The van der Waals surface area contributed by atoms with Gasteiger partial charge in [-0.05, 0) is 0 Å². The van der Waals surface area contributed by atoms with Crippen molar-refractivity contribution >= 4 is 9.84 Å². The first kappa shape index (κ1) is 12.5. The summed E-state index contributed by atoms with van der Waals surface area (Å²) in [5, 5.41) is 19.2. The molecule has 2 fully saturated rings. The minimum absolute atomic E-state index is 0.200. The van der Waals surface area contributed by atoms with Crippen LogP contribution in [0.15, 0.2) is 0 Å². The molecule has 2 aliphatic heterocycles. The van der Waals surface area contributed by atoms with Crippen molar-refractivity contribution in [2.75, 3.05) is 19.5 Å². The van der Waals surface area contributed by atoms with Gasteiger partial charge in [0, 0.05) is 6.26 Å². The van der Waals surface area contributed by atoms with Crippen LogP contribution in [0.2, 0.25) is 0 Å². The van der Waals surface area contributed by atoms with Gasteiger partial charge >= 0.3 is 0 Å². The molecule has 1 N–H and O–H groups in total. The van der Waals surface area contributed by atoms with Crippen LogP contribution in [0.5, 0.6) is 0 Å². The predicted octanol–water partition coefficient (Wildman–Crippen LogP) is -1.91. The third kappa shape index (κ3) is 1.86. The highest BCUT2D eigenvalue weighted by atomic mass is 32.2. The zero-order chi connectivity index (χ0) is 12.8. The number of aliphatic hydroxyl groups is 1. The van der Waals surface area contributed by atoms with E-state index in [1.807, 2.05) is 0 Å². The molecule has 0 spiro atoms. The lowest BCUT2D eigenvalue weighted by Gasteiger charge is -2.24. The van der Waals surface area contributed by atoms with Crippen LogP contribution in [0, 0.1) is 10.1 Å². The maximum Gasteiger partial charge on any atom is 0.294 e. The van der Waals surface area contributed by atoms with Crippen LogP contribution in [0.3, 0.4) is 0 Å².